The summed E-state index contributed by atoms with van der Waals surface area (Å²) < 4.78 is 12.3. The van der Waals surface area contributed by atoms with Crippen molar-refractivity contribution in [2.24, 2.45) is 0 Å². The molecule has 0 radical (unpaired) electrons. The molecule has 0 spiro atoms. The van der Waals surface area contributed by atoms with Gasteiger partial charge in [-0.2, -0.15) is 0 Å². The molecule has 0 unspecified atom stereocenters. The molecule has 0 aliphatic heterocycles. The van der Waals surface area contributed by atoms with Gasteiger partial charge in [-0.3, -0.25) is 0 Å². The van der Waals surface area contributed by atoms with E-state index < -0.39 is 16.9 Å². The van der Waals surface area contributed by atoms with Crippen LogP contribution in [0.3, 0.4) is 0 Å². The minimum Gasteiger partial charge on any atom is -0.383 e. The summed E-state index contributed by atoms with van der Waals surface area (Å²) in [6, 6.07) is 16.5. The Morgan fingerprint density at radius 2 is 1.68 bits per heavy atom. The largest absolute Gasteiger partial charge is 0.383 e. The first-order valence-corrected chi connectivity index (χ1v) is 7.15. The third kappa shape index (κ3) is 3.19. The molecule has 2 rings (SSSR count). The third-order valence-corrected chi connectivity index (χ3v) is 4.29. The Bertz CT molecular complexity index is 588. The van der Waals surface area contributed by atoms with Gasteiger partial charge in [0.2, 0.25) is 0 Å². The molecule has 3 heteroatoms. The van der Waals surface area contributed by atoms with E-state index in [9.17, 15) is 9.32 Å². The van der Waals surface area contributed by atoms with E-state index in [-0.39, 0.29) is 0 Å². The minimum absolute atomic E-state index is 0.301. The van der Waals surface area contributed by atoms with Gasteiger partial charge in [-0.25, -0.2) is 4.21 Å². The highest BCUT2D eigenvalue weighted by molar-refractivity contribution is 7.89. The number of hydrogen-bond acceptors (Lipinski definition) is 2. The molecule has 0 amide bonds. The van der Waals surface area contributed by atoms with Crippen molar-refractivity contribution >= 4 is 10.8 Å². The fourth-order valence-electron chi connectivity index (χ4n) is 1.74. The second-order valence-electron chi connectivity index (χ2n) is 4.36. The maximum Gasteiger partial charge on any atom is 0.112 e. The van der Waals surface area contributed by atoms with E-state index in [0.717, 1.165) is 5.56 Å². The molecule has 19 heavy (non-hydrogen) atoms. The molecular weight excluding hydrogens is 256 g/mol. The number of benzene rings is 2. The summed E-state index contributed by atoms with van der Waals surface area (Å²) in [5.41, 5.74) is 1.81. The summed E-state index contributed by atoms with van der Waals surface area (Å²) >= 11 is 0. The molecule has 98 valence electrons. The molecule has 2 atom stereocenters. The highest BCUT2D eigenvalue weighted by atomic mass is 32.2. The fraction of sp³-hybridized carbons (Fsp3) is 0.125. The number of aryl methyl sites for hydroxylation is 1. The molecule has 1 N–H and O–H groups in total. The van der Waals surface area contributed by atoms with Crippen LogP contribution in [0.4, 0.5) is 0 Å². The van der Waals surface area contributed by atoms with Gasteiger partial charge in [0, 0.05) is 9.80 Å². The summed E-state index contributed by atoms with van der Waals surface area (Å²) in [5, 5.41) is 10.2. The highest BCUT2D eigenvalue weighted by Crippen LogP contribution is 2.26. The van der Waals surface area contributed by atoms with Crippen molar-refractivity contribution in [3.63, 3.8) is 0 Å². The normalized spacial score (nSPS) is 13.8. The van der Waals surface area contributed by atoms with Gasteiger partial charge in [0.05, 0.1) is 10.8 Å². The number of aliphatic hydroxyl groups excluding tert-OH is 1. The second kappa shape index (κ2) is 5.95. The molecule has 0 saturated heterocycles. The minimum atomic E-state index is -1.41. The van der Waals surface area contributed by atoms with Crippen molar-refractivity contribution in [3.05, 3.63) is 77.2 Å². The Kier molecular flexibility index (Phi) is 4.30. The van der Waals surface area contributed by atoms with E-state index in [1.165, 1.54) is 0 Å². The molecule has 0 saturated carbocycles. The van der Waals surface area contributed by atoms with Gasteiger partial charge < -0.3 is 5.11 Å². The van der Waals surface area contributed by atoms with Crippen molar-refractivity contribution in [2.45, 2.75) is 17.9 Å². The lowest BCUT2D eigenvalue weighted by Gasteiger charge is -2.13. The lowest BCUT2D eigenvalue weighted by molar-refractivity contribution is 0.224. The van der Waals surface area contributed by atoms with Crippen LogP contribution in [0.15, 0.2) is 71.0 Å². The van der Waals surface area contributed by atoms with E-state index in [0.29, 0.717) is 15.4 Å². The van der Waals surface area contributed by atoms with E-state index >= 15 is 0 Å². The van der Waals surface area contributed by atoms with E-state index in [4.69, 9.17) is 0 Å². The Morgan fingerprint density at radius 3 is 2.26 bits per heavy atom. The molecule has 0 aromatic heterocycles. The zero-order chi connectivity index (χ0) is 13.8. The Labute approximate surface area is 115 Å². The van der Waals surface area contributed by atoms with Crippen LogP contribution in [0.1, 0.15) is 17.2 Å². The quantitative estimate of drug-likeness (QED) is 0.926. The van der Waals surface area contributed by atoms with Crippen molar-refractivity contribution in [1.82, 2.24) is 0 Å². The van der Waals surface area contributed by atoms with Crippen LogP contribution < -0.4 is 0 Å². The van der Waals surface area contributed by atoms with E-state index in [1.807, 2.05) is 37.3 Å². The Morgan fingerprint density at radius 1 is 1.11 bits per heavy atom. The first-order chi connectivity index (χ1) is 9.09. The van der Waals surface area contributed by atoms with Crippen LogP contribution in [-0.2, 0) is 10.8 Å². The zero-order valence-electron chi connectivity index (χ0n) is 10.7. The highest BCUT2D eigenvalue weighted by Gasteiger charge is 2.18. The molecule has 0 fully saturated rings. The van der Waals surface area contributed by atoms with Gasteiger partial charge >= 0.3 is 0 Å². The van der Waals surface area contributed by atoms with Crippen molar-refractivity contribution < 1.29 is 9.32 Å². The van der Waals surface area contributed by atoms with Crippen LogP contribution in [0.2, 0.25) is 0 Å². The Balaban J connectivity index is 2.20. The second-order valence-corrected chi connectivity index (χ2v) is 5.89. The van der Waals surface area contributed by atoms with Crippen LogP contribution >= 0.6 is 0 Å². The summed E-state index contributed by atoms with van der Waals surface area (Å²) in [6.07, 6.45) is -0.914. The molecule has 0 aliphatic rings. The smallest absolute Gasteiger partial charge is 0.112 e. The van der Waals surface area contributed by atoms with Gasteiger partial charge in [0.1, 0.15) is 6.10 Å². The number of hydrogen-bond donors (Lipinski definition) is 1. The van der Waals surface area contributed by atoms with Crippen LogP contribution in [0.25, 0.3) is 0 Å². The van der Waals surface area contributed by atoms with E-state index in [2.05, 4.69) is 6.58 Å². The maximum absolute atomic E-state index is 12.3. The molecule has 0 aliphatic carbocycles. The monoisotopic (exact) mass is 272 g/mol. The molecule has 2 aromatic rings. The van der Waals surface area contributed by atoms with Gasteiger partial charge in [0.25, 0.3) is 0 Å². The van der Waals surface area contributed by atoms with Gasteiger partial charge in [0.15, 0.2) is 0 Å². The van der Waals surface area contributed by atoms with E-state index in [1.54, 1.807) is 24.3 Å². The topological polar surface area (TPSA) is 37.3 Å². The molecular formula is C16H16O2S. The molecule has 0 heterocycles. The lowest BCUT2D eigenvalue weighted by Crippen LogP contribution is -2.06. The fourth-order valence-corrected chi connectivity index (χ4v) is 2.76. The standard InChI is InChI=1S/C16H16O2S/c1-12-8-10-15(11-9-12)19(18)13(2)16(17)14-6-4-3-5-7-14/h3-11,16-17H,2H2,1H3/t16-,19+/m0/s1. The summed E-state index contributed by atoms with van der Waals surface area (Å²) in [5.74, 6) is 0. The first-order valence-electron chi connectivity index (χ1n) is 6.00. The van der Waals surface area contributed by atoms with Gasteiger partial charge in [-0.15, -0.1) is 0 Å². The van der Waals surface area contributed by atoms with Crippen LogP contribution in [0.5, 0.6) is 0 Å². The van der Waals surface area contributed by atoms with Crippen molar-refractivity contribution in [2.75, 3.05) is 0 Å². The summed E-state index contributed by atoms with van der Waals surface area (Å²) in [4.78, 5) is 0.959. The predicted octanol–water partition coefficient (Wildman–Crippen LogP) is 3.35. The van der Waals surface area contributed by atoms with Crippen molar-refractivity contribution in [1.29, 1.82) is 0 Å². The predicted molar refractivity (Wildman–Crippen MR) is 78.1 cm³/mol. The third-order valence-electron chi connectivity index (χ3n) is 2.89. The van der Waals surface area contributed by atoms with Crippen LogP contribution in [-0.4, -0.2) is 9.32 Å². The average molecular weight is 272 g/mol. The summed E-state index contributed by atoms with van der Waals surface area (Å²) in [6.45, 7) is 5.75. The maximum atomic E-state index is 12.3. The number of rotatable bonds is 4. The van der Waals surface area contributed by atoms with Crippen molar-refractivity contribution in [3.8, 4) is 0 Å². The zero-order valence-corrected chi connectivity index (χ0v) is 11.6. The average Bonchev–Trinajstić information content (AvgIpc) is 2.46. The Hall–Kier alpha value is -1.71. The molecule has 0 bridgehead atoms. The lowest BCUT2D eigenvalue weighted by atomic mass is 10.1. The van der Waals surface area contributed by atoms with Gasteiger partial charge in [-0.1, -0.05) is 54.6 Å². The van der Waals surface area contributed by atoms with Crippen LogP contribution in [0, 0.1) is 6.92 Å². The molecule has 2 aromatic carbocycles. The SMILES string of the molecule is C=C([C@H](O)c1ccccc1)[S@@](=O)c1ccc(C)cc1. The van der Waals surface area contributed by atoms with Gasteiger partial charge in [-0.05, 0) is 24.6 Å². The first kappa shape index (κ1) is 13.7. The number of aliphatic hydroxyl groups is 1. The summed E-state index contributed by atoms with van der Waals surface area (Å²) in [7, 11) is -1.41. The molecule has 2 nitrogen and oxygen atoms in total.